The summed E-state index contributed by atoms with van der Waals surface area (Å²) in [6.07, 6.45) is 0.651. The maximum atomic E-state index is 11.8. The molecular weight excluding hydrogens is 336 g/mol. The van der Waals surface area contributed by atoms with E-state index >= 15 is 0 Å². The summed E-state index contributed by atoms with van der Waals surface area (Å²) in [6, 6.07) is 9.50. The lowest BCUT2D eigenvalue weighted by molar-refractivity contribution is 0.0989. The maximum Gasteiger partial charge on any atom is 0.271 e. The first-order valence-electron chi connectivity index (χ1n) is 8.41. The van der Waals surface area contributed by atoms with Gasteiger partial charge in [-0.3, -0.25) is 4.79 Å². The Labute approximate surface area is 149 Å². The molecule has 26 heavy (non-hydrogen) atoms. The second-order valence-corrected chi connectivity index (χ2v) is 6.54. The van der Waals surface area contributed by atoms with E-state index < -0.39 is 12.0 Å². The highest BCUT2D eigenvalue weighted by Gasteiger charge is 2.40. The molecule has 3 N–H and O–H groups in total. The van der Waals surface area contributed by atoms with Gasteiger partial charge in [-0.25, -0.2) is 0 Å². The van der Waals surface area contributed by atoms with Gasteiger partial charge in [0.05, 0.1) is 0 Å². The van der Waals surface area contributed by atoms with Crippen LogP contribution in [0.5, 0.6) is 0 Å². The second-order valence-electron chi connectivity index (χ2n) is 6.54. The van der Waals surface area contributed by atoms with Crippen molar-refractivity contribution in [3.05, 3.63) is 53.3 Å². The van der Waals surface area contributed by atoms with Crippen LogP contribution in [-0.2, 0) is 0 Å². The summed E-state index contributed by atoms with van der Waals surface area (Å²) in [6.45, 7) is 1.58. The van der Waals surface area contributed by atoms with Gasteiger partial charge in [-0.05, 0) is 25.7 Å². The van der Waals surface area contributed by atoms with Gasteiger partial charge in [0.15, 0.2) is 17.3 Å². The van der Waals surface area contributed by atoms with Crippen molar-refractivity contribution in [2.24, 2.45) is 5.73 Å². The highest BCUT2D eigenvalue weighted by atomic mass is 16.5. The maximum absolute atomic E-state index is 11.8. The van der Waals surface area contributed by atoms with Gasteiger partial charge in [0.25, 0.3) is 5.91 Å². The number of amides is 1. The number of primary amides is 1. The third kappa shape index (κ3) is 2.78. The molecule has 1 aliphatic rings. The minimum absolute atomic E-state index is 0.0610. The Morgan fingerprint density at radius 2 is 1.92 bits per heavy atom. The van der Waals surface area contributed by atoms with Crippen molar-refractivity contribution < 1.29 is 18.9 Å². The quantitative estimate of drug-likeness (QED) is 0.720. The van der Waals surface area contributed by atoms with Crippen LogP contribution < -0.4 is 5.73 Å². The highest BCUT2D eigenvalue weighted by molar-refractivity contribution is 5.94. The molecular formula is C18H18N4O4. The van der Waals surface area contributed by atoms with E-state index in [1.54, 1.807) is 6.92 Å². The predicted octanol–water partition coefficient (Wildman–Crippen LogP) is 2.54. The summed E-state index contributed by atoms with van der Waals surface area (Å²) >= 11 is 0. The number of hydrogen-bond acceptors (Lipinski definition) is 7. The van der Waals surface area contributed by atoms with Crippen molar-refractivity contribution in [1.29, 1.82) is 0 Å². The van der Waals surface area contributed by atoms with Crippen molar-refractivity contribution in [2.45, 2.75) is 37.7 Å². The Hall–Kier alpha value is -3.00. The zero-order valence-electron chi connectivity index (χ0n) is 14.1. The average Bonchev–Trinajstić information content (AvgIpc) is 3.22. The zero-order valence-corrected chi connectivity index (χ0v) is 14.1. The van der Waals surface area contributed by atoms with Crippen LogP contribution in [0.4, 0.5) is 0 Å². The number of aliphatic hydroxyl groups excluding tert-OH is 1. The molecule has 0 spiro atoms. The monoisotopic (exact) mass is 354 g/mol. The van der Waals surface area contributed by atoms with Crippen LogP contribution >= 0.6 is 0 Å². The molecule has 8 heteroatoms. The number of nitrogens with zero attached hydrogens (tertiary/aromatic N) is 3. The number of nitrogens with two attached hydrogens (primary N) is 1. The molecule has 0 unspecified atom stereocenters. The largest absolute Gasteiger partial charge is 0.385 e. The Kier molecular flexibility index (Phi) is 4.04. The van der Waals surface area contributed by atoms with Crippen molar-refractivity contribution >= 4 is 5.91 Å². The molecule has 2 heterocycles. The molecule has 1 fully saturated rings. The van der Waals surface area contributed by atoms with E-state index in [2.05, 4.69) is 15.3 Å². The second kappa shape index (κ2) is 6.38. The van der Waals surface area contributed by atoms with Gasteiger partial charge >= 0.3 is 0 Å². The molecule has 1 atom stereocenters. The van der Waals surface area contributed by atoms with E-state index in [1.165, 1.54) is 0 Å². The van der Waals surface area contributed by atoms with Crippen molar-refractivity contribution in [1.82, 2.24) is 15.3 Å². The van der Waals surface area contributed by atoms with Gasteiger partial charge in [-0.15, -0.1) is 0 Å². The Bertz CT molecular complexity index is 926. The predicted molar refractivity (Wildman–Crippen MR) is 90.1 cm³/mol. The van der Waals surface area contributed by atoms with Crippen molar-refractivity contribution in [2.75, 3.05) is 0 Å². The van der Waals surface area contributed by atoms with Crippen LogP contribution in [0.1, 0.15) is 65.5 Å². The number of rotatable bonds is 5. The molecule has 1 aliphatic carbocycles. The van der Waals surface area contributed by atoms with Crippen molar-refractivity contribution in [3.8, 4) is 11.3 Å². The summed E-state index contributed by atoms with van der Waals surface area (Å²) in [7, 11) is 0. The smallest absolute Gasteiger partial charge is 0.271 e. The summed E-state index contributed by atoms with van der Waals surface area (Å²) < 4.78 is 10.7. The minimum atomic E-state index is -0.771. The van der Waals surface area contributed by atoms with Crippen molar-refractivity contribution in [3.63, 3.8) is 0 Å². The molecule has 2 aromatic heterocycles. The van der Waals surface area contributed by atoms with Gasteiger partial charge in [0.2, 0.25) is 5.89 Å². The summed E-state index contributed by atoms with van der Waals surface area (Å²) in [5.74, 6) is 0.860. The topological polar surface area (TPSA) is 128 Å². The third-order valence-corrected chi connectivity index (χ3v) is 4.72. The van der Waals surface area contributed by atoms with Crippen LogP contribution in [0.15, 0.2) is 39.4 Å². The van der Waals surface area contributed by atoms with Gasteiger partial charge < -0.3 is 19.9 Å². The lowest BCUT2D eigenvalue weighted by atomic mass is 9.70. The summed E-state index contributed by atoms with van der Waals surface area (Å²) in [4.78, 5) is 16.0. The van der Waals surface area contributed by atoms with E-state index in [0.29, 0.717) is 24.5 Å². The zero-order chi connectivity index (χ0) is 18.3. The molecule has 1 aromatic carbocycles. The molecule has 134 valence electrons. The molecule has 0 saturated heterocycles. The van der Waals surface area contributed by atoms with Crippen LogP contribution in [-0.4, -0.2) is 26.3 Å². The lowest BCUT2D eigenvalue weighted by Crippen LogP contribution is -2.24. The van der Waals surface area contributed by atoms with Gasteiger partial charge in [0, 0.05) is 17.0 Å². The first-order valence-corrected chi connectivity index (χ1v) is 8.41. The Morgan fingerprint density at radius 3 is 2.54 bits per heavy atom. The van der Waals surface area contributed by atoms with E-state index in [0.717, 1.165) is 11.1 Å². The normalized spacial score (nSPS) is 20.5. The van der Waals surface area contributed by atoms with Gasteiger partial charge in [-0.2, -0.15) is 4.98 Å². The van der Waals surface area contributed by atoms with E-state index in [-0.39, 0.29) is 23.4 Å². The number of aliphatic hydroxyl groups is 1. The Balaban J connectivity index is 1.60. The van der Waals surface area contributed by atoms with E-state index in [4.69, 9.17) is 14.8 Å². The Morgan fingerprint density at radius 1 is 1.19 bits per heavy atom. The first kappa shape index (κ1) is 16.5. The highest BCUT2D eigenvalue weighted by Crippen LogP contribution is 2.50. The fourth-order valence-electron chi connectivity index (χ4n) is 3.29. The summed E-state index contributed by atoms with van der Waals surface area (Å²) in [5.41, 5.74) is 7.22. The first-order chi connectivity index (χ1) is 12.5. The van der Waals surface area contributed by atoms with E-state index in [9.17, 15) is 9.90 Å². The van der Waals surface area contributed by atoms with E-state index in [1.807, 2.05) is 30.3 Å². The number of aromatic nitrogens is 3. The third-order valence-electron chi connectivity index (χ3n) is 4.72. The molecule has 0 bridgehead atoms. The van der Waals surface area contributed by atoms with Gasteiger partial charge in [0.1, 0.15) is 6.10 Å². The molecule has 1 saturated carbocycles. The summed E-state index contributed by atoms with van der Waals surface area (Å²) in [5, 5.41) is 17.2. The van der Waals surface area contributed by atoms with Crippen LogP contribution in [0, 0.1) is 0 Å². The fourth-order valence-corrected chi connectivity index (χ4v) is 3.29. The fraction of sp³-hybridized carbons (Fsp3) is 0.333. The van der Waals surface area contributed by atoms with Gasteiger partial charge in [-0.1, -0.05) is 40.6 Å². The molecule has 4 rings (SSSR count). The average molecular weight is 354 g/mol. The number of benzene rings is 1. The molecule has 8 nitrogen and oxygen atoms in total. The minimum Gasteiger partial charge on any atom is -0.385 e. The molecule has 1 amide bonds. The van der Waals surface area contributed by atoms with Crippen LogP contribution in [0.2, 0.25) is 0 Å². The number of hydrogen-bond donors (Lipinski definition) is 2. The molecule has 3 aromatic rings. The standard InChI is InChI=1S/C18H18N4O4/c1-9(23)17-20-18(26-22-17)12-7-11(8-12)13-14(16(19)24)21-25-15(13)10-5-3-2-4-6-10/h2-6,9,11-12,23H,7-8H2,1H3,(H2,19,24)/t9-,11?,12?/m1/s1. The number of carbonyl (C=O) groups is 1. The SMILES string of the molecule is C[C@@H](O)c1noc(C2CC(c3c(C(N)=O)noc3-c3ccccc3)C2)n1. The van der Waals surface area contributed by atoms with Crippen LogP contribution in [0.3, 0.4) is 0 Å². The lowest BCUT2D eigenvalue weighted by Gasteiger charge is -2.32. The number of carbonyl (C=O) groups excluding carboxylic acids is 1. The molecule has 0 radical (unpaired) electrons. The van der Waals surface area contributed by atoms with Crippen LogP contribution in [0.25, 0.3) is 11.3 Å². The molecule has 0 aliphatic heterocycles.